The SMILES string of the molecule is Cc1ccc(-n2nc(C(=O)NN(C(=O)c3ccc(Cl)cc3Cl)C(C)(C)C)c(=O)cc2C)c(C)c1. The standard InChI is InChI=1S/C25H26Cl2N4O3/c1-14-7-10-20(15(2)11-14)30-16(3)12-21(32)22(28-30)23(33)29-31(25(4,5)6)24(34)18-9-8-17(26)13-19(18)27/h7-13H,1-6H3,(H,29,33). The smallest absolute Gasteiger partial charge is 0.287 e. The minimum absolute atomic E-state index is 0.145. The number of hydrogen-bond acceptors (Lipinski definition) is 4. The van der Waals surface area contributed by atoms with E-state index in [1.165, 1.54) is 24.3 Å². The van der Waals surface area contributed by atoms with E-state index in [4.69, 9.17) is 23.2 Å². The van der Waals surface area contributed by atoms with E-state index < -0.39 is 22.8 Å². The molecule has 0 aliphatic carbocycles. The number of hydrogen-bond donors (Lipinski definition) is 1. The van der Waals surface area contributed by atoms with Gasteiger partial charge in [0.25, 0.3) is 11.8 Å². The van der Waals surface area contributed by atoms with Gasteiger partial charge in [0.2, 0.25) is 5.43 Å². The number of aryl methyl sites for hydroxylation is 3. The maximum Gasteiger partial charge on any atom is 0.294 e. The molecule has 0 aliphatic rings. The second-order valence-electron chi connectivity index (χ2n) is 9.08. The average Bonchev–Trinajstić information content (AvgIpc) is 2.71. The Morgan fingerprint density at radius 1 is 1.00 bits per heavy atom. The highest BCUT2D eigenvalue weighted by Gasteiger charge is 2.32. The van der Waals surface area contributed by atoms with Crippen molar-refractivity contribution in [3.8, 4) is 5.69 Å². The molecule has 0 atom stereocenters. The zero-order valence-electron chi connectivity index (χ0n) is 19.9. The number of hydrazine groups is 1. The number of nitrogens with one attached hydrogen (secondary N) is 1. The average molecular weight is 501 g/mol. The number of halogens is 2. The Bertz CT molecular complexity index is 1340. The fourth-order valence-electron chi connectivity index (χ4n) is 3.45. The number of aromatic nitrogens is 2. The second kappa shape index (κ2) is 9.60. The number of rotatable bonds is 3. The van der Waals surface area contributed by atoms with Gasteiger partial charge in [-0.15, -0.1) is 0 Å². The molecule has 0 saturated carbocycles. The lowest BCUT2D eigenvalue weighted by molar-refractivity contribution is 0.0356. The molecule has 0 aliphatic heterocycles. The van der Waals surface area contributed by atoms with Gasteiger partial charge in [-0.2, -0.15) is 5.10 Å². The summed E-state index contributed by atoms with van der Waals surface area (Å²) >= 11 is 12.2. The molecule has 9 heteroatoms. The van der Waals surface area contributed by atoms with E-state index in [2.05, 4.69) is 10.5 Å². The molecule has 0 fully saturated rings. The summed E-state index contributed by atoms with van der Waals surface area (Å²) in [6.45, 7) is 10.9. The van der Waals surface area contributed by atoms with E-state index in [0.29, 0.717) is 10.7 Å². The zero-order chi connectivity index (χ0) is 25.4. The first-order valence-corrected chi connectivity index (χ1v) is 11.3. The van der Waals surface area contributed by atoms with Crippen molar-refractivity contribution in [1.82, 2.24) is 20.2 Å². The van der Waals surface area contributed by atoms with Gasteiger partial charge in [-0.05, 0) is 71.4 Å². The van der Waals surface area contributed by atoms with Gasteiger partial charge < -0.3 is 0 Å². The third-order valence-corrected chi connectivity index (χ3v) is 5.70. The lowest BCUT2D eigenvalue weighted by atomic mass is 10.1. The lowest BCUT2D eigenvalue weighted by Crippen LogP contribution is -2.56. The minimum Gasteiger partial charge on any atom is -0.287 e. The maximum absolute atomic E-state index is 13.3. The molecule has 1 N–H and O–H groups in total. The van der Waals surface area contributed by atoms with Crippen LogP contribution in [0.15, 0.2) is 47.3 Å². The number of nitrogens with zero attached hydrogens (tertiary/aromatic N) is 3. The Hall–Kier alpha value is -3.16. The van der Waals surface area contributed by atoms with E-state index in [-0.39, 0.29) is 16.3 Å². The predicted octanol–water partition coefficient (Wildman–Crippen LogP) is 5.05. The molecule has 0 radical (unpaired) electrons. The number of benzene rings is 2. The van der Waals surface area contributed by atoms with Crippen LogP contribution in [0.5, 0.6) is 0 Å². The van der Waals surface area contributed by atoms with Crippen molar-refractivity contribution in [2.24, 2.45) is 0 Å². The monoisotopic (exact) mass is 500 g/mol. The maximum atomic E-state index is 13.3. The summed E-state index contributed by atoms with van der Waals surface area (Å²) in [6, 6.07) is 11.6. The van der Waals surface area contributed by atoms with Crippen LogP contribution in [0, 0.1) is 20.8 Å². The van der Waals surface area contributed by atoms with Gasteiger partial charge in [-0.1, -0.05) is 40.9 Å². The van der Waals surface area contributed by atoms with E-state index in [1.54, 1.807) is 32.4 Å². The molecule has 178 valence electrons. The van der Waals surface area contributed by atoms with Crippen molar-refractivity contribution in [2.75, 3.05) is 0 Å². The van der Waals surface area contributed by atoms with Crippen molar-refractivity contribution in [3.05, 3.63) is 90.8 Å². The van der Waals surface area contributed by atoms with Crippen LogP contribution in [0.1, 0.15) is 58.4 Å². The summed E-state index contributed by atoms with van der Waals surface area (Å²) < 4.78 is 1.55. The molecule has 2 aromatic carbocycles. The quantitative estimate of drug-likeness (QED) is 0.509. The number of carbonyl (C=O) groups excluding carboxylic acids is 2. The molecule has 2 amide bonds. The van der Waals surface area contributed by atoms with Gasteiger partial charge in [-0.25, -0.2) is 9.69 Å². The van der Waals surface area contributed by atoms with Crippen LogP contribution in [0.25, 0.3) is 5.69 Å². The topological polar surface area (TPSA) is 84.3 Å². The molecule has 3 rings (SSSR count). The largest absolute Gasteiger partial charge is 0.294 e. The van der Waals surface area contributed by atoms with Crippen LogP contribution in [0.4, 0.5) is 0 Å². The van der Waals surface area contributed by atoms with Crippen molar-refractivity contribution < 1.29 is 9.59 Å². The third kappa shape index (κ3) is 5.32. The highest BCUT2D eigenvalue weighted by Crippen LogP contribution is 2.24. The molecule has 0 unspecified atom stereocenters. The molecule has 1 heterocycles. The molecule has 3 aromatic rings. The Morgan fingerprint density at radius 2 is 1.68 bits per heavy atom. The normalized spacial score (nSPS) is 11.3. The predicted molar refractivity (Wildman–Crippen MR) is 134 cm³/mol. The van der Waals surface area contributed by atoms with Crippen LogP contribution in [-0.4, -0.2) is 32.1 Å². The highest BCUT2D eigenvalue weighted by atomic mass is 35.5. The van der Waals surface area contributed by atoms with Crippen molar-refractivity contribution in [2.45, 2.75) is 47.1 Å². The molecule has 0 spiro atoms. The van der Waals surface area contributed by atoms with E-state index in [1.807, 2.05) is 32.0 Å². The summed E-state index contributed by atoms with van der Waals surface area (Å²) in [4.78, 5) is 39.2. The molecular formula is C25H26Cl2N4O3. The molecule has 7 nitrogen and oxygen atoms in total. The fraction of sp³-hybridized carbons (Fsp3) is 0.280. The lowest BCUT2D eigenvalue weighted by Gasteiger charge is -2.35. The first-order valence-electron chi connectivity index (χ1n) is 10.6. The van der Waals surface area contributed by atoms with E-state index >= 15 is 0 Å². The Morgan fingerprint density at radius 3 is 2.26 bits per heavy atom. The summed E-state index contributed by atoms with van der Waals surface area (Å²) in [6.07, 6.45) is 0. The van der Waals surface area contributed by atoms with Crippen LogP contribution in [-0.2, 0) is 0 Å². The van der Waals surface area contributed by atoms with Crippen molar-refractivity contribution >= 4 is 35.0 Å². The Kier molecular flexibility index (Phi) is 7.19. The summed E-state index contributed by atoms with van der Waals surface area (Å²) in [5.74, 6) is -1.36. The summed E-state index contributed by atoms with van der Waals surface area (Å²) in [5.41, 5.74) is 4.32. The van der Waals surface area contributed by atoms with Gasteiger partial charge in [0, 0.05) is 16.8 Å². The van der Waals surface area contributed by atoms with Crippen molar-refractivity contribution in [1.29, 1.82) is 0 Å². The van der Waals surface area contributed by atoms with Gasteiger partial charge in [0.1, 0.15) is 0 Å². The third-order valence-electron chi connectivity index (χ3n) is 5.15. The Balaban J connectivity index is 2.02. The molecule has 1 aromatic heterocycles. The zero-order valence-corrected chi connectivity index (χ0v) is 21.4. The van der Waals surface area contributed by atoms with E-state index in [0.717, 1.165) is 21.8 Å². The van der Waals surface area contributed by atoms with Gasteiger partial charge in [0.15, 0.2) is 5.69 Å². The molecular weight excluding hydrogens is 475 g/mol. The first kappa shape index (κ1) is 25.5. The number of amides is 2. The van der Waals surface area contributed by atoms with E-state index in [9.17, 15) is 14.4 Å². The first-order chi connectivity index (χ1) is 15.8. The minimum atomic E-state index is -0.840. The Labute approximate surface area is 208 Å². The van der Waals surface area contributed by atoms with Crippen LogP contribution in [0.3, 0.4) is 0 Å². The summed E-state index contributed by atoms with van der Waals surface area (Å²) in [7, 11) is 0. The molecule has 0 saturated heterocycles. The van der Waals surface area contributed by atoms with Gasteiger partial charge >= 0.3 is 0 Å². The van der Waals surface area contributed by atoms with Crippen LogP contribution in [0.2, 0.25) is 10.0 Å². The highest BCUT2D eigenvalue weighted by molar-refractivity contribution is 6.36. The summed E-state index contributed by atoms with van der Waals surface area (Å²) in [5, 5.41) is 5.99. The van der Waals surface area contributed by atoms with Crippen molar-refractivity contribution in [3.63, 3.8) is 0 Å². The fourth-order valence-corrected chi connectivity index (χ4v) is 3.94. The van der Waals surface area contributed by atoms with Gasteiger partial charge in [0.05, 0.1) is 21.8 Å². The molecule has 34 heavy (non-hydrogen) atoms. The van der Waals surface area contributed by atoms with Gasteiger partial charge in [-0.3, -0.25) is 19.8 Å². The van der Waals surface area contributed by atoms with Crippen LogP contribution >= 0.6 is 23.2 Å². The van der Waals surface area contributed by atoms with Crippen LogP contribution < -0.4 is 10.9 Å². The number of carbonyl (C=O) groups is 2. The second-order valence-corrected chi connectivity index (χ2v) is 9.92. The molecule has 0 bridgehead atoms.